The molecule has 1 atom stereocenters. The fourth-order valence-corrected chi connectivity index (χ4v) is 2.42. The third-order valence-electron chi connectivity index (χ3n) is 3.46. The van der Waals surface area contributed by atoms with Gasteiger partial charge in [0.15, 0.2) is 0 Å². The highest BCUT2D eigenvalue weighted by Gasteiger charge is 2.28. The zero-order chi connectivity index (χ0) is 14.7. The highest BCUT2D eigenvalue weighted by molar-refractivity contribution is 5.94. The lowest BCUT2D eigenvalue weighted by Gasteiger charge is -2.17. The summed E-state index contributed by atoms with van der Waals surface area (Å²) in [6.07, 6.45) is 4.06. The van der Waals surface area contributed by atoms with E-state index in [1.54, 1.807) is 41.6 Å². The molecule has 1 aliphatic rings. The van der Waals surface area contributed by atoms with Gasteiger partial charge in [0.25, 0.3) is 5.91 Å². The van der Waals surface area contributed by atoms with Crippen LogP contribution in [0.15, 0.2) is 48.8 Å². The van der Waals surface area contributed by atoms with E-state index in [2.05, 4.69) is 4.98 Å². The van der Waals surface area contributed by atoms with Crippen LogP contribution >= 0.6 is 0 Å². The number of ether oxygens (including phenoxy) is 1. The van der Waals surface area contributed by atoms with E-state index < -0.39 is 5.82 Å². The van der Waals surface area contributed by atoms with Crippen LogP contribution in [0.25, 0.3) is 0 Å². The van der Waals surface area contributed by atoms with Gasteiger partial charge < -0.3 is 9.64 Å². The van der Waals surface area contributed by atoms with Crippen LogP contribution in [0.3, 0.4) is 0 Å². The Morgan fingerprint density at radius 1 is 1.29 bits per heavy atom. The van der Waals surface area contributed by atoms with Crippen LogP contribution < -0.4 is 4.74 Å². The number of likely N-dealkylation sites (tertiary alicyclic amines) is 1. The number of nitrogens with zero attached hydrogens (tertiary/aromatic N) is 2. The van der Waals surface area contributed by atoms with Crippen molar-refractivity contribution in [1.82, 2.24) is 9.88 Å². The van der Waals surface area contributed by atoms with Gasteiger partial charge in [0.1, 0.15) is 17.7 Å². The summed E-state index contributed by atoms with van der Waals surface area (Å²) < 4.78 is 19.0. The molecule has 108 valence electrons. The minimum atomic E-state index is -0.398. The number of rotatable bonds is 3. The lowest BCUT2D eigenvalue weighted by molar-refractivity contribution is 0.0772. The molecule has 0 spiro atoms. The van der Waals surface area contributed by atoms with E-state index in [1.807, 2.05) is 0 Å². The lowest BCUT2D eigenvalue weighted by Crippen LogP contribution is -2.31. The van der Waals surface area contributed by atoms with Crippen LogP contribution in [0.5, 0.6) is 5.75 Å². The van der Waals surface area contributed by atoms with Crippen LogP contribution in [0, 0.1) is 5.82 Å². The van der Waals surface area contributed by atoms with Crippen LogP contribution in [0.4, 0.5) is 4.39 Å². The van der Waals surface area contributed by atoms with Crippen molar-refractivity contribution < 1.29 is 13.9 Å². The fourth-order valence-electron chi connectivity index (χ4n) is 2.42. The second-order valence-corrected chi connectivity index (χ2v) is 4.97. The number of benzene rings is 1. The summed E-state index contributed by atoms with van der Waals surface area (Å²) in [5, 5.41) is 0. The summed E-state index contributed by atoms with van der Waals surface area (Å²) in [5.41, 5.74) is 0.375. The Morgan fingerprint density at radius 2 is 2.10 bits per heavy atom. The molecule has 3 rings (SSSR count). The molecule has 1 aliphatic heterocycles. The van der Waals surface area contributed by atoms with Gasteiger partial charge in [0, 0.05) is 30.9 Å². The predicted molar refractivity (Wildman–Crippen MR) is 75.6 cm³/mol. The molecule has 1 amide bonds. The van der Waals surface area contributed by atoms with E-state index in [9.17, 15) is 9.18 Å². The second kappa shape index (κ2) is 5.91. The first kappa shape index (κ1) is 13.5. The maximum atomic E-state index is 13.2. The maximum Gasteiger partial charge on any atom is 0.254 e. The highest BCUT2D eigenvalue weighted by Crippen LogP contribution is 2.19. The minimum Gasteiger partial charge on any atom is -0.488 e. The quantitative estimate of drug-likeness (QED) is 0.870. The van der Waals surface area contributed by atoms with E-state index in [1.165, 1.54) is 12.1 Å². The van der Waals surface area contributed by atoms with Crippen LogP contribution in [0.2, 0.25) is 0 Å². The smallest absolute Gasteiger partial charge is 0.254 e. The third-order valence-corrected chi connectivity index (χ3v) is 3.46. The third kappa shape index (κ3) is 3.18. The molecule has 1 saturated heterocycles. The van der Waals surface area contributed by atoms with E-state index in [0.717, 1.165) is 12.2 Å². The van der Waals surface area contributed by atoms with Crippen molar-refractivity contribution in [2.45, 2.75) is 12.5 Å². The van der Waals surface area contributed by atoms with Crippen molar-refractivity contribution in [3.05, 3.63) is 60.2 Å². The van der Waals surface area contributed by atoms with Gasteiger partial charge in [-0.3, -0.25) is 9.78 Å². The highest BCUT2D eigenvalue weighted by atomic mass is 19.1. The molecule has 4 nitrogen and oxygen atoms in total. The number of pyridine rings is 1. The van der Waals surface area contributed by atoms with E-state index in [0.29, 0.717) is 18.7 Å². The summed E-state index contributed by atoms with van der Waals surface area (Å²) in [6.45, 7) is 1.13. The maximum absolute atomic E-state index is 13.2. The van der Waals surface area contributed by atoms with Gasteiger partial charge in [0.05, 0.1) is 6.54 Å². The Hall–Kier alpha value is -2.43. The van der Waals surface area contributed by atoms with Gasteiger partial charge in [-0.05, 0) is 30.3 Å². The van der Waals surface area contributed by atoms with Gasteiger partial charge in [-0.15, -0.1) is 0 Å². The van der Waals surface area contributed by atoms with Crippen molar-refractivity contribution in [2.24, 2.45) is 0 Å². The number of carbonyl (C=O) groups excluding carboxylic acids is 1. The van der Waals surface area contributed by atoms with Gasteiger partial charge in [-0.25, -0.2) is 4.39 Å². The molecular formula is C16H15FN2O2. The van der Waals surface area contributed by atoms with Gasteiger partial charge in [-0.2, -0.15) is 0 Å². The summed E-state index contributed by atoms with van der Waals surface area (Å²) in [7, 11) is 0. The lowest BCUT2D eigenvalue weighted by atomic mass is 10.2. The first-order chi connectivity index (χ1) is 10.2. The van der Waals surface area contributed by atoms with E-state index >= 15 is 0 Å². The van der Waals surface area contributed by atoms with Crippen molar-refractivity contribution in [2.75, 3.05) is 13.1 Å². The molecule has 0 N–H and O–H groups in total. The average molecular weight is 286 g/mol. The van der Waals surface area contributed by atoms with Gasteiger partial charge >= 0.3 is 0 Å². The molecule has 0 radical (unpaired) electrons. The Bertz CT molecular complexity index is 633. The van der Waals surface area contributed by atoms with Crippen molar-refractivity contribution in [3.8, 4) is 5.75 Å². The van der Waals surface area contributed by atoms with Crippen LogP contribution in [-0.2, 0) is 0 Å². The number of hydrogen-bond donors (Lipinski definition) is 0. The fraction of sp³-hybridized carbons (Fsp3) is 0.250. The molecule has 0 aliphatic carbocycles. The van der Waals surface area contributed by atoms with E-state index in [4.69, 9.17) is 4.74 Å². The normalized spacial score (nSPS) is 17.8. The van der Waals surface area contributed by atoms with Gasteiger partial charge in [-0.1, -0.05) is 6.07 Å². The molecule has 2 heterocycles. The summed E-state index contributed by atoms with van der Waals surface area (Å²) in [5.74, 6) is 0.190. The SMILES string of the molecule is O=C(c1cccc(F)c1)N1CC[C@@H](Oc2ccncc2)C1. The minimum absolute atomic E-state index is 0.0371. The molecule has 0 saturated carbocycles. The molecule has 1 fully saturated rings. The Kier molecular flexibility index (Phi) is 3.81. The van der Waals surface area contributed by atoms with Crippen LogP contribution in [0.1, 0.15) is 16.8 Å². The molecule has 1 aromatic carbocycles. The Morgan fingerprint density at radius 3 is 2.86 bits per heavy atom. The average Bonchev–Trinajstić information content (AvgIpc) is 2.96. The predicted octanol–water partition coefficient (Wildman–Crippen LogP) is 2.51. The molecule has 2 aromatic rings. The molecule has 1 aromatic heterocycles. The monoisotopic (exact) mass is 286 g/mol. The zero-order valence-electron chi connectivity index (χ0n) is 11.4. The van der Waals surface area contributed by atoms with Crippen LogP contribution in [-0.4, -0.2) is 35.0 Å². The molecule has 0 bridgehead atoms. The summed E-state index contributed by atoms with van der Waals surface area (Å²) in [4.78, 5) is 17.9. The first-order valence-electron chi connectivity index (χ1n) is 6.84. The first-order valence-corrected chi connectivity index (χ1v) is 6.84. The van der Waals surface area contributed by atoms with Crippen molar-refractivity contribution in [1.29, 1.82) is 0 Å². The summed E-state index contributed by atoms with van der Waals surface area (Å²) in [6, 6.07) is 9.34. The van der Waals surface area contributed by atoms with Crippen molar-refractivity contribution in [3.63, 3.8) is 0 Å². The Labute approximate surface area is 122 Å². The zero-order valence-corrected chi connectivity index (χ0v) is 11.4. The largest absolute Gasteiger partial charge is 0.488 e. The summed E-state index contributed by atoms with van der Waals surface area (Å²) >= 11 is 0. The van der Waals surface area contributed by atoms with Gasteiger partial charge in [0.2, 0.25) is 0 Å². The number of halogens is 1. The molecule has 0 unspecified atom stereocenters. The molecular weight excluding hydrogens is 271 g/mol. The standard InChI is InChI=1S/C16H15FN2O2/c17-13-3-1-2-12(10-13)16(20)19-9-6-15(11-19)21-14-4-7-18-8-5-14/h1-5,7-8,10,15H,6,9,11H2/t15-/m1/s1. The number of carbonyl (C=O) groups is 1. The number of aromatic nitrogens is 1. The topological polar surface area (TPSA) is 42.4 Å². The molecule has 21 heavy (non-hydrogen) atoms. The number of amides is 1. The Balaban J connectivity index is 1.63. The van der Waals surface area contributed by atoms with E-state index in [-0.39, 0.29) is 12.0 Å². The molecule has 5 heteroatoms. The van der Waals surface area contributed by atoms with Crippen molar-refractivity contribution >= 4 is 5.91 Å². The second-order valence-electron chi connectivity index (χ2n) is 4.97. The number of hydrogen-bond acceptors (Lipinski definition) is 3.